The summed E-state index contributed by atoms with van der Waals surface area (Å²) in [7, 11) is 14.3. The Morgan fingerprint density at radius 2 is 0.872 bits per heavy atom. The van der Waals surface area contributed by atoms with E-state index in [0.717, 1.165) is 0 Å². The largest absolute Gasteiger partial charge is 0.790 e. The summed E-state index contributed by atoms with van der Waals surface area (Å²) in [5.41, 5.74) is -2.63. The molecule has 0 aromatic carbocycles. The average molecular weight is 1170 g/mol. The van der Waals surface area contributed by atoms with Crippen LogP contribution in [-0.4, -0.2) is 210 Å². The standard InChI is InChI=1S/C18H31B2O9P.C17H31B2O8P.C8H16BO6P.C3H8O/c1-10(2)24-9-18(12(5)21)15(7-17(20)28-18)29-30(22,23)25-8-14-13(26-11(3)4)6-16(19)27-14;1-10(2)22-9-17(5)14(7-16(19)26-17)27-28(20,21)23-8-13-12(24-11(3)4)6-15(18)25-13;1-5(2)14-6-3-8(9)15-7(6)4-13-16(10,11)12;1-3(2)4/h10-11,13-17H,6-9H2,1-5H3,(H,22,23);10-16H,6-9H2,1-5H3,(H,20,21);5-8H,3-4H2,1-2H3,(H2,10,11,12);3-4H,1-2H3/p-4/t13-,14-,15-,16-,17-,18+;12-,13-,14-,15-,16-,17-;6-,7-,8-;/m111./s1. The van der Waals surface area contributed by atoms with Crippen LogP contribution >= 0.6 is 23.5 Å². The fourth-order valence-corrected chi connectivity index (χ4v) is 10.6. The lowest BCUT2D eigenvalue weighted by Gasteiger charge is -2.36. The maximum Gasteiger partial charge on any atom is 0.268 e. The number of hydrogen-bond donors (Lipinski definition) is 1. The first-order chi connectivity index (χ1) is 35.8. The fourth-order valence-electron chi connectivity index (χ4n) is 8.33. The molecule has 0 bridgehead atoms. The predicted molar refractivity (Wildman–Crippen MR) is 279 cm³/mol. The van der Waals surface area contributed by atoms with Crippen LogP contribution in [0.5, 0.6) is 0 Å². The number of ketones is 1. The molecule has 32 heteroatoms. The topological polar surface area (TPSA) is 319 Å². The van der Waals surface area contributed by atoms with Gasteiger partial charge in [-0.15, -0.1) is 0 Å². The van der Waals surface area contributed by atoms with Crippen molar-refractivity contribution in [3.8, 4) is 0 Å². The molecule has 5 fully saturated rings. The van der Waals surface area contributed by atoms with Gasteiger partial charge in [0.2, 0.25) is 0 Å². The summed E-state index contributed by atoms with van der Waals surface area (Å²) in [4.78, 5) is 57.9. The highest BCUT2D eigenvalue weighted by Crippen LogP contribution is 2.48. The van der Waals surface area contributed by atoms with Crippen LogP contribution in [0.1, 0.15) is 129 Å². The number of Topliss-reactive ketones (excluding diaryl/α,β-unsaturated/α-hetero) is 1. The van der Waals surface area contributed by atoms with Gasteiger partial charge in [-0.3, -0.25) is 13.9 Å². The summed E-state index contributed by atoms with van der Waals surface area (Å²) in [5.74, 6) is -0.448. The molecule has 10 radical (unpaired) electrons. The fraction of sp³-hybridized carbons (Fsp3) is 0.978. The highest BCUT2D eigenvalue weighted by molar-refractivity contribution is 7.46. The van der Waals surface area contributed by atoms with Gasteiger partial charge in [0.05, 0.1) is 95.8 Å². The van der Waals surface area contributed by atoms with Crippen LogP contribution in [0.15, 0.2) is 0 Å². The zero-order valence-electron chi connectivity index (χ0n) is 47.6. The number of aliphatic hydroxyl groups excluding tert-OH is 1. The van der Waals surface area contributed by atoms with E-state index in [1.807, 2.05) is 55.4 Å². The van der Waals surface area contributed by atoms with Crippen LogP contribution in [0.4, 0.5) is 0 Å². The molecule has 5 aliphatic rings. The summed E-state index contributed by atoms with van der Waals surface area (Å²) in [5, 5.41) is 8.06. The smallest absolute Gasteiger partial charge is 0.268 e. The summed E-state index contributed by atoms with van der Waals surface area (Å²) in [6.07, 6.45) is -4.04. The molecule has 444 valence electrons. The van der Waals surface area contributed by atoms with Gasteiger partial charge in [-0.05, 0) is 129 Å². The van der Waals surface area contributed by atoms with E-state index in [1.165, 1.54) is 6.92 Å². The number of rotatable bonds is 26. The lowest BCUT2D eigenvalue weighted by atomic mass is 9.90. The van der Waals surface area contributed by atoms with E-state index in [-0.39, 0.29) is 94.7 Å². The van der Waals surface area contributed by atoms with E-state index >= 15 is 0 Å². The molecule has 5 heterocycles. The second-order valence-corrected chi connectivity index (χ2v) is 25.2. The third-order valence-electron chi connectivity index (χ3n) is 11.5. The maximum atomic E-state index is 12.5. The lowest BCUT2D eigenvalue weighted by molar-refractivity contribution is -0.343. The number of hydrogen-bond acceptors (Lipinski definition) is 24. The van der Waals surface area contributed by atoms with Crippen LogP contribution in [0.2, 0.25) is 0 Å². The van der Waals surface area contributed by atoms with Gasteiger partial charge in [0.1, 0.15) is 69.2 Å². The van der Waals surface area contributed by atoms with Gasteiger partial charge in [0, 0.05) is 36.1 Å². The number of carbonyl (C=O) groups is 1. The van der Waals surface area contributed by atoms with E-state index in [9.17, 15) is 38.1 Å². The molecule has 5 aliphatic heterocycles. The summed E-state index contributed by atoms with van der Waals surface area (Å²) in [6.45, 7) is 23.9. The van der Waals surface area contributed by atoms with Crippen molar-refractivity contribution in [2.45, 2.75) is 256 Å². The third-order valence-corrected chi connectivity index (χ3v) is 14.0. The van der Waals surface area contributed by atoms with E-state index in [1.54, 1.807) is 34.6 Å². The van der Waals surface area contributed by atoms with Gasteiger partial charge in [-0.25, -0.2) is 0 Å². The zero-order valence-corrected chi connectivity index (χ0v) is 50.3. The number of aliphatic hydroxyl groups is 1. The van der Waals surface area contributed by atoms with Gasteiger partial charge < -0.3 is 99.2 Å². The minimum atomic E-state index is -4.98. The van der Waals surface area contributed by atoms with E-state index < -0.39 is 107 Å². The van der Waals surface area contributed by atoms with E-state index in [4.69, 9.17) is 110 Å². The van der Waals surface area contributed by atoms with Crippen molar-refractivity contribution in [1.82, 2.24) is 0 Å². The van der Waals surface area contributed by atoms with Gasteiger partial charge >= 0.3 is 0 Å². The van der Waals surface area contributed by atoms with Gasteiger partial charge in [0.25, 0.3) is 15.6 Å². The highest BCUT2D eigenvalue weighted by atomic mass is 31.2. The molecule has 24 nitrogen and oxygen atoms in total. The Balaban J connectivity index is 0.000000401. The first-order valence-corrected chi connectivity index (χ1v) is 30.6. The minimum absolute atomic E-state index is 0.0134. The number of carbonyl (C=O) groups excluding carboxylic acids is 1. The van der Waals surface area contributed by atoms with Crippen molar-refractivity contribution in [3.63, 3.8) is 0 Å². The van der Waals surface area contributed by atoms with Crippen molar-refractivity contribution >= 4 is 68.5 Å². The SMILES string of the molecule is CC(C)O.[B][C@H]1C[C@@H](OC(C)C)[C@@H](COP(=O)([O-])O[C@@H]2C[C@H]([B])O[C@@]2(COC(C)C)C(C)=O)O1.[B][C@H]1C[C@@H](OC(C)C)[C@@H](COP(=O)([O-])O[C@@H]2C[C@H]([B])O[C@]2(C)COC(C)C)O1.[B][C@H]1C[C@@H](OC(C)C)[C@@H](COP(=O)([O-])[O-])O1. The molecule has 78 heavy (non-hydrogen) atoms. The second-order valence-electron chi connectivity index (χ2n) is 21.3. The Labute approximate surface area is 468 Å². The van der Waals surface area contributed by atoms with Gasteiger partial charge in [-0.1, -0.05) is 0 Å². The van der Waals surface area contributed by atoms with Crippen molar-refractivity contribution in [3.05, 3.63) is 0 Å². The number of ether oxygens (including phenoxy) is 10. The Morgan fingerprint density at radius 1 is 0.538 bits per heavy atom. The van der Waals surface area contributed by atoms with Crippen molar-refractivity contribution in [2.75, 3.05) is 33.0 Å². The van der Waals surface area contributed by atoms with Crippen LogP contribution < -0.4 is 19.6 Å². The summed E-state index contributed by atoms with van der Waals surface area (Å²) < 4.78 is 115. The Morgan fingerprint density at radius 3 is 1.22 bits per heavy atom. The first-order valence-electron chi connectivity index (χ1n) is 26.2. The molecular formula is C46H82B5O24P3-4. The number of phosphoric ester groups is 3. The molecule has 0 aromatic heterocycles. The second kappa shape index (κ2) is 33.5. The van der Waals surface area contributed by atoms with Crippen LogP contribution in [0.3, 0.4) is 0 Å². The lowest BCUT2D eigenvalue weighted by Crippen LogP contribution is -2.52. The normalized spacial score (nSPS) is 34.7. The zero-order chi connectivity index (χ0) is 59.7. The average Bonchev–Trinajstić information content (AvgIpc) is 4.05. The Hall–Kier alpha value is -0.115. The van der Waals surface area contributed by atoms with E-state index in [2.05, 4.69) is 4.52 Å². The van der Waals surface area contributed by atoms with Crippen molar-refractivity contribution in [1.29, 1.82) is 0 Å². The van der Waals surface area contributed by atoms with Crippen molar-refractivity contribution in [2.24, 2.45) is 0 Å². The maximum absolute atomic E-state index is 12.5. The molecule has 1 N–H and O–H groups in total. The molecule has 0 aromatic rings. The van der Waals surface area contributed by atoms with Crippen molar-refractivity contribution < 1.29 is 113 Å². The van der Waals surface area contributed by atoms with Gasteiger partial charge in [0.15, 0.2) is 11.4 Å². The van der Waals surface area contributed by atoms with Crippen LogP contribution in [0, 0.1) is 0 Å². The van der Waals surface area contributed by atoms with Crippen LogP contribution in [0.25, 0.3) is 0 Å². The summed E-state index contributed by atoms with van der Waals surface area (Å²) >= 11 is 0. The molecule has 5 rings (SSSR count). The molecule has 0 spiro atoms. The highest BCUT2D eigenvalue weighted by Gasteiger charge is 2.54. The van der Waals surface area contributed by atoms with Gasteiger partial charge in [-0.2, -0.15) is 0 Å². The molecule has 2 unspecified atom stereocenters. The first kappa shape index (κ1) is 74.0. The molecule has 0 saturated carbocycles. The number of phosphoric acid groups is 3. The van der Waals surface area contributed by atoms with E-state index in [0.29, 0.717) is 19.3 Å². The minimum Gasteiger partial charge on any atom is -0.790 e. The molecule has 17 atom stereocenters. The molecule has 5 saturated heterocycles. The molecule has 0 amide bonds. The van der Waals surface area contributed by atoms with Crippen LogP contribution in [-0.2, 0) is 88.5 Å². The predicted octanol–water partition coefficient (Wildman–Crippen LogP) is 0.930. The Kier molecular flexibility index (Phi) is 31.8. The molecular weight excluding hydrogens is 1080 g/mol. The molecule has 0 aliphatic carbocycles. The third kappa shape index (κ3) is 27.7. The quantitative estimate of drug-likeness (QED) is 0.0930. The monoisotopic (exact) mass is 1170 g/mol. The Bertz CT molecular complexity index is 1890. The summed E-state index contributed by atoms with van der Waals surface area (Å²) in [6, 6.07) is -3.15.